The van der Waals surface area contributed by atoms with Crippen LogP contribution in [0.25, 0.3) is 11.1 Å². The molecule has 2 saturated heterocycles. The van der Waals surface area contributed by atoms with Crippen molar-refractivity contribution in [3.63, 3.8) is 0 Å². The molecule has 8 heteroatoms. The minimum absolute atomic E-state index is 0.0138. The molecule has 6 rings (SSSR count). The number of hydrogen-bond acceptors (Lipinski definition) is 5. The first-order valence-corrected chi connectivity index (χ1v) is 12.2. The van der Waals surface area contributed by atoms with Gasteiger partial charge in [0.1, 0.15) is 12.1 Å². The lowest BCUT2D eigenvalue weighted by atomic mass is 9.75. The summed E-state index contributed by atoms with van der Waals surface area (Å²) < 4.78 is 11.3. The highest BCUT2D eigenvalue weighted by Crippen LogP contribution is 2.45. The fourth-order valence-electron chi connectivity index (χ4n) is 6.28. The minimum Gasteiger partial charge on any atom is -0.479 e. The highest BCUT2D eigenvalue weighted by Gasteiger charge is 2.60. The molecule has 2 aliphatic carbocycles. The summed E-state index contributed by atoms with van der Waals surface area (Å²) in [5, 5.41) is 12.6. The third kappa shape index (κ3) is 3.34. The Morgan fingerprint density at radius 3 is 2.29 bits per heavy atom. The number of ether oxygens (including phenoxy) is 2. The van der Waals surface area contributed by atoms with E-state index in [2.05, 4.69) is 29.6 Å². The van der Waals surface area contributed by atoms with Crippen LogP contribution < -0.4 is 5.32 Å². The average molecular weight is 477 g/mol. The number of carboxylic acid groups (broad SMARTS) is 1. The molecule has 0 spiro atoms. The van der Waals surface area contributed by atoms with Crippen LogP contribution >= 0.6 is 0 Å². The molecule has 2 heterocycles. The van der Waals surface area contributed by atoms with Crippen LogP contribution in [-0.2, 0) is 19.1 Å². The first-order valence-electron chi connectivity index (χ1n) is 12.2. The second-order valence-corrected chi connectivity index (χ2v) is 10.1. The Labute approximate surface area is 203 Å². The van der Waals surface area contributed by atoms with Gasteiger partial charge in [0, 0.05) is 25.0 Å². The van der Waals surface area contributed by atoms with E-state index in [9.17, 15) is 19.5 Å². The van der Waals surface area contributed by atoms with Crippen LogP contribution in [-0.4, -0.2) is 65.4 Å². The van der Waals surface area contributed by atoms with Gasteiger partial charge in [0.15, 0.2) is 5.60 Å². The van der Waals surface area contributed by atoms with Crippen LogP contribution in [0.2, 0.25) is 0 Å². The van der Waals surface area contributed by atoms with Gasteiger partial charge in [-0.05, 0) is 47.9 Å². The average Bonchev–Trinajstić information content (AvgIpc) is 3.49. The summed E-state index contributed by atoms with van der Waals surface area (Å²) in [6, 6.07) is 16.3. The fraction of sp³-hybridized carbons (Fsp3) is 0.444. The minimum atomic E-state index is -1.33. The molecule has 0 bridgehead atoms. The molecule has 1 saturated carbocycles. The van der Waals surface area contributed by atoms with Gasteiger partial charge in [-0.15, -0.1) is 0 Å². The van der Waals surface area contributed by atoms with E-state index in [-0.39, 0.29) is 30.9 Å². The number of nitrogens with zero attached hydrogens (tertiary/aromatic N) is 1. The molecule has 2 atom stereocenters. The van der Waals surface area contributed by atoms with E-state index in [0.29, 0.717) is 32.4 Å². The number of likely N-dealkylation sites (tertiary alicyclic amines) is 1. The number of hydrogen-bond donors (Lipinski definition) is 2. The molecule has 2 amide bonds. The van der Waals surface area contributed by atoms with Crippen LogP contribution in [0.3, 0.4) is 0 Å². The van der Waals surface area contributed by atoms with Gasteiger partial charge in [0.2, 0.25) is 5.91 Å². The number of alkyl carbamates (subject to hydrolysis) is 1. The summed E-state index contributed by atoms with van der Waals surface area (Å²) in [5.41, 5.74) is 2.18. The summed E-state index contributed by atoms with van der Waals surface area (Å²) in [5.74, 6) is -1.56. The Bertz CT molecular complexity index is 1160. The summed E-state index contributed by atoms with van der Waals surface area (Å²) in [4.78, 5) is 39.8. The zero-order valence-electron chi connectivity index (χ0n) is 19.4. The number of fused-ring (bicyclic) bond motifs is 4. The van der Waals surface area contributed by atoms with Gasteiger partial charge in [-0.3, -0.25) is 4.79 Å². The number of amides is 2. The molecule has 2 aromatic carbocycles. The monoisotopic (exact) mass is 476 g/mol. The third-order valence-electron chi connectivity index (χ3n) is 8.30. The third-order valence-corrected chi connectivity index (χ3v) is 8.30. The molecule has 0 aromatic heterocycles. The lowest BCUT2D eigenvalue weighted by molar-refractivity contribution is -0.162. The number of nitrogens with one attached hydrogen (secondary N) is 1. The highest BCUT2D eigenvalue weighted by atomic mass is 16.5. The van der Waals surface area contributed by atoms with Gasteiger partial charge < -0.3 is 24.8 Å². The van der Waals surface area contributed by atoms with Crippen molar-refractivity contribution in [1.82, 2.24) is 10.2 Å². The SMILES string of the molecule is O=C(NC1(C(=O)N2CC3CCOC3(C(=O)O)C2)CCC1)OCC1c2ccccc2-c2ccccc21. The van der Waals surface area contributed by atoms with Crippen molar-refractivity contribution in [2.24, 2.45) is 5.92 Å². The van der Waals surface area contributed by atoms with E-state index in [4.69, 9.17) is 9.47 Å². The Morgan fingerprint density at radius 1 is 1.06 bits per heavy atom. The van der Waals surface area contributed by atoms with Crippen molar-refractivity contribution in [3.05, 3.63) is 59.7 Å². The van der Waals surface area contributed by atoms with Crippen molar-refractivity contribution in [2.75, 3.05) is 26.3 Å². The second kappa shape index (κ2) is 8.09. The maximum Gasteiger partial charge on any atom is 0.408 e. The summed E-state index contributed by atoms with van der Waals surface area (Å²) in [6.07, 6.45) is 1.83. The van der Waals surface area contributed by atoms with E-state index in [1.54, 1.807) is 4.90 Å². The second-order valence-electron chi connectivity index (χ2n) is 10.1. The first-order chi connectivity index (χ1) is 16.9. The standard InChI is InChI=1S/C27H28N2O6/c30-23(29-14-17-10-13-35-27(17,16-29)24(31)32)26(11-5-12-26)28-25(33)34-15-22-20-8-3-1-6-18(20)19-7-2-4-9-21(19)22/h1-4,6-9,17,22H,5,10-16H2,(H,28,33)(H,31,32). The molecule has 0 radical (unpaired) electrons. The lowest BCUT2D eigenvalue weighted by Gasteiger charge is -2.43. The molecule has 4 aliphatic rings. The molecular formula is C27H28N2O6. The molecule has 2 unspecified atom stereocenters. The van der Waals surface area contributed by atoms with Gasteiger partial charge in [-0.2, -0.15) is 0 Å². The number of carbonyl (C=O) groups is 3. The van der Waals surface area contributed by atoms with Crippen LogP contribution in [0.1, 0.15) is 42.7 Å². The van der Waals surface area contributed by atoms with Crippen LogP contribution in [0.15, 0.2) is 48.5 Å². The number of carboxylic acids is 1. The number of carbonyl (C=O) groups excluding carboxylic acids is 2. The van der Waals surface area contributed by atoms with Crippen LogP contribution in [0.4, 0.5) is 4.79 Å². The summed E-state index contributed by atoms with van der Waals surface area (Å²) in [6.45, 7) is 0.910. The lowest BCUT2D eigenvalue weighted by Crippen LogP contribution is -2.63. The van der Waals surface area contributed by atoms with E-state index >= 15 is 0 Å². The van der Waals surface area contributed by atoms with E-state index in [1.165, 1.54) is 0 Å². The van der Waals surface area contributed by atoms with Crippen molar-refractivity contribution in [1.29, 1.82) is 0 Å². The van der Waals surface area contributed by atoms with Gasteiger partial charge in [0.05, 0.1) is 6.54 Å². The van der Waals surface area contributed by atoms with Crippen molar-refractivity contribution < 1.29 is 29.0 Å². The summed E-state index contributed by atoms with van der Waals surface area (Å²) >= 11 is 0. The largest absolute Gasteiger partial charge is 0.479 e. The van der Waals surface area contributed by atoms with E-state index in [0.717, 1.165) is 28.7 Å². The molecule has 2 aromatic rings. The van der Waals surface area contributed by atoms with E-state index < -0.39 is 23.2 Å². The Hall–Kier alpha value is -3.39. The zero-order chi connectivity index (χ0) is 24.2. The van der Waals surface area contributed by atoms with Gasteiger partial charge >= 0.3 is 12.1 Å². The number of rotatable bonds is 5. The smallest absolute Gasteiger partial charge is 0.408 e. The topological polar surface area (TPSA) is 105 Å². The molecule has 2 aliphatic heterocycles. The van der Waals surface area contributed by atoms with Gasteiger partial charge in [0.25, 0.3) is 0 Å². The first kappa shape index (κ1) is 22.1. The van der Waals surface area contributed by atoms with Crippen molar-refractivity contribution in [3.8, 4) is 11.1 Å². The maximum absolute atomic E-state index is 13.5. The van der Waals surface area contributed by atoms with Gasteiger partial charge in [-0.1, -0.05) is 48.5 Å². The zero-order valence-corrected chi connectivity index (χ0v) is 19.4. The Kier molecular flexibility index (Phi) is 5.11. The quantitative estimate of drug-likeness (QED) is 0.687. The van der Waals surface area contributed by atoms with Crippen molar-refractivity contribution in [2.45, 2.75) is 42.7 Å². The van der Waals surface area contributed by atoms with Crippen LogP contribution in [0.5, 0.6) is 0 Å². The van der Waals surface area contributed by atoms with E-state index in [1.807, 2.05) is 24.3 Å². The molecule has 2 N–H and O–H groups in total. The van der Waals surface area contributed by atoms with Gasteiger partial charge in [-0.25, -0.2) is 9.59 Å². The summed E-state index contributed by atoms with van der Waals surface area (Å²) in [7, 11) is 0. The Balaban J connectivity index is 1.14. The number of benzene rings is 2. The predicted octanol–water partition coefficient (Wildman–Crippen LogP) is 3.15. The normalized spacial score (nSPS) is 25.8. The molecule has 182 valence electrons. The maximum atomic E-state index is 13.5. The predicted molar refractivity (Wildman–Crippen MR) is 126 cm³/mol. The molecule has 3 fully saturated rings. The molecule has 35 heavy (non-hydrogen) atoms. The molecular weight excluding hydrogens is 448 g/mol. The highest BCUT2D eigenvalue weighted by molar-refractivity contribution is 5.92. The Morgan fingerprint density at radius 2 is 1.71 bits per heavy atom. The van der Waals surface area contributed by atoms with Crippen LogP contribution in [0, 0.1) is 5.92 Å². The fourth-order valence-corrected chi connectivity index (χ4v) is 6.28. The number of aliphatic carboxylic acids is 1. The van der Waals surface area contributed by atoms with Crippen molar-refractivity contribution >= 4 is 18.0 Å². The molecule has 8 nitrogen and oxygen atoms in total.